The first-order chi connectivity index (χ1) is 10.9. The van der Waals surface area contributed by atoms with E-state index in [1.807, 2.05) is 24.3 Å². The second kappa shape index (κ2) is 6.63. The summed E-state index contributed by atoms with van der Waals surface area (Å²) in [6, 6.07) is 7.92. The van der Waals surface area contributed by atoms with Gasteiger partial charge < -0.3 is 5.32 Å². The molecule has 1 aliphatic rings. The highest BCUT2D eigenvalue weighted by Gasteiger charge is 2.24. The Morgan fingerprint density at radius 2 is 1.96 bits per heavy atom. The number of hydrogen-bond acceptors (Lipinski definition) is 5. The molecule has 124 valence electrons. The van der Waals surface area contributed by atoms with Gasteiger partial charge in [-0.3, -0.25) is 9.17 Å². The van der Waals surface area contributed by atoms with E-state index in [4.69, 9.17) is 15.8 Å². The Hall–Kier alpha value is -1.37. The first-order valence-electron chi connectivity index (χ1n) is 7.60. The predicted octanol–water partition coefficient (Wildman–Crippen LogP) is 3.59. The first kappa shape index (κ1) is 16.5. The van der Waals surface area contributed by atoms with Crippen molar-refractivity contribution in [1.82, 2.24) is 4.98 Å². The van der Waals surface area contributed by atoms with Gasteiger partial charge in [0.1, 0.15) is 0 Å². The molecule has 7 heteroatoms. The first-order valence-corrected chi connectivity index (χ1v) is 9.79. The van der Waals surface area contributed by atoms with Gasteiger partial charge in [-0.05, 0) is 49.9 Å². The van der Waals surface area contributed by atoms with E-state index >= 15 is 0 Å². The lowest BCUT2D eigenvalue weighted by atomic mass is 9.93. The third kappa shape index (κ3) is 4.34. The summed E-state index contributed by atoms with van der Waals surface area (Å²) in [5, 5.41) is 5.24. The third-order valence-electron chi connectivity index (χ3n) is 4.05. The Balaban J connectivity index is 1.67. The fraction of sp³-hybridized carbons (Fsp3) is 0.438. The second-order valence-corrected chi connectivity index (χ2v) is 7.98. The zero-order valence-electron chi connectivity index (χ0n) is 12.8. The van der Waals surface area contributed by atoms with Crippen LogP contribution in [0.15, 0.2) is 30.5 Å². The monoisotopic (exact) mass is 354 g/mol. The maximum absolute atomic E-state index is 11.2. The molecule has 0 atom stereocenters. The van der Waals surface area contributed by atoms with Crippen molar-refractivity contribution in [2.24, 2.45) is 0 Å². The van der Waals surface area contributed by atoms with Crippen molar-refractivity contribution in [2.75, 3.05) is 11.6 Å². The second-order valence-electron chi connectivity index (χ2n) is 5.94. The molecule has 5 nitrogen and oxygen atoms in total. The van der Waals surface area contributed by atoms with Gasteiger partial charge in [0, 0.05) is 28.3 Å². The smallest absolute Gasteiger partial charge is 0.264 e. The van der Waals surface area contributed by atoms with Crippen LogP contribution in [0.1, 0.15) is 25.7 Å². The Morgan fingerprint density at radius 3 is 2.65 bits per heavy atom. The van der Waals surface area contributed by atoms with Crippen molar-refractivity contribution < 1.29 is 12.6 Å². The van der Waals surface area contributed by atoms with Crippen molar-refractivity contribution in [3.05, 3.63) is 35.5 Å². The summed E-state index contributed by atoms with van der Waals surface area (Å²) in [5.41, 5.74) is 1.88. The Morgan fingerprint density at radius 1 is 1.22 bits per heavy atom. The van der Waals surface area contributed by atoms with Crippen molar-refractivity contribution in [3.8, 4) is 0 Å². The van der Waals surface area contributed by atoms with E-state index in [1.165, 1.54) is 0 Å². The number of nitrogens with one attached hydrogen (secondary N) is 1. The Kier molecular flexibility index (Phi) is 4.75. The lowest BCUT2D eigenvalue weighted by Crippen LogP contribution is -2.30. The molecule has 1 saturated carbocycles. The zero-order valence-corrected chi connectivity index (χ0v) is 14.4. The summed E-state index contributed by atoms with van der Waals surface area (Å²) in [7, 11) is -3.37. The Labute approximate surface area is 141 Å². The van der Waals surface area contributed by atoms with E-state index in [-0.39, 0.29) is 6.10 Å². The largest absolute Gasteiger partial charge is 0.382 e. The van der Waals surface area contributed by atoms with Crippen LogP contribution in [0, 0.1) is 0 Å². The van der Waals surface area contributed by atoms with Crippen LogP contribution in [0.5, 0.6) is 0 Å². The molecule has 0 spiro atoms. The molecule has 1 aromatic heterocycles. The highest BCUT2D eigenvalue weighted by Crippen LogP contribution is 2.29. The summed E-state index contributed by atoms with van der Waals surface area (Å²) in [5.74, 6) is 0. The van der Waals surface area contributed by atoms with Gasteiger partial charge in [-0.2, -0.15) is 8.42 Å². The number of rotatable bonds is 4. The average molecular weight is 355 g/mol. The molecule has 0 unspecified atom stereocenters. The van der Waals surface area contributed by atoms with Crippen LogP contribution in [0.25, 0.3) is 10.9 Å². The standard InChI is InChI=1S/C16H19ClN2O3S/c1-23(20,21)22-13-5-3-12(4-6-13)19-15-8-9-18-16-10-11(17)2-7-14(15)16/h2,7-10,12-13H,3-6H2,1H3,(H,18,19). The molecule has 0 amide bonds. The number of nitrogens with zero attached hydrogens (tertiary/aromatic N) is 1. The number of anilines is 1. The van der Waals surface area contributed by atoms with Crippen molar-refractivity contribution in [1.29, 1.82) is 0 Å². The van der Waals surface area contributed by atoms with Gasteiger partial charge in [0.05, 0.1) is 17.9 Å². The predicted molar refractivity (Wildman–Crippen MR) is 92.3 cm³/mol. The lowest BCUT2D eigenvalue weighted by molar-refractivity contribution is 0.158. The van der Waals surface area contributed by atoms with Gasteiger partial charge >= 0.3 is 0 Å². The van der Waals surface area contributed by atoms with Crippen LogP contribution in [0.3, 0.4) is 0 Å². The van der Waals surface area contributed by atoms with Crippen molar-refractivity contribution in [2.45, 2.75) is 37.8 Å². The molecule has 3 rings (SSSR count). The molecule has 1 fully saturated rings. The number of aromatic nitrogens is 1. The zero-order chi connectivity index (χ0) is 16.4. The van der Waals surface area contributed by atoms with Gasteiger partial charge in [-0.15, -0.1) is 0 Å². The molecule has 2 aromatic rings. The summed E-state index contributed by atoms with van der Waals surface area (Å²) < 4.78 is 27.5. The molecule has 0 saturated heterocycles. The fourth-order valence-corrected chi connectivity index (χ4v) is 3.87. The van der Waals surface area contributed by atoms with E-state index < -0.39 is 10.1 Å². The highest BCUT2D eigenvalue weighted by molar-refractivity contribution is 7.86. The number of hydrogen-bond donors (Lipinski definition) is 1. The Bertz CT molecular complexity index is 802. The molecule has 0 aliphatic heterocycles. The van der Waals surface area contributed by atoms with E-state index in [9.17, 15) is 8.42 Å². The van der Waals surface area contributed by atoms with Gasteiger partial charge in [-0.25, -0.2) is 0 Å². The molecule has 1 aliphatic carbocycles. The van der Waals surface area contributed by atoms with E-state index in [1.54, 1.807) is 6.20 Å². The fourth-order valence-electron chi connectivity index (χ4n) is 3.02. The number of benzene rings is 1. The summed E-state index contributed by atoms with van der Waals surface area (Å²) in [6.07, 6.45) is 5.88. The van der Waals surface area contributed by atoms with Gasteiger partial charge in [-0.1, -0.05) is 11.6 Å². The highest BCUT2D eigenvalue weighted by atomic mass is 35.5. The van der Waals surface area contributed by atoms with Crippen LogP contribution >= 0.6 is 11.6 Å². The topological polar surface area (TPSA) is 68.3 Å². The number of halogens is 1. The maximum atomic E-state index is 11.2. The molecule has 0 bridgehead atoms. The molecular formula is C16H19ClN2O3S. The van der Waals surface area contributed by atoms with Crippen LogP contribution < -0.4 is 5.32 Å². The van der Waals surface area contributed by atoms with Gasteiger partial charge in [0.2, 0.25) is 0 Å². The molecule has 23 heavy (non-hydrogen) atoms. The molecule has 1 heterocycles. The summed E-state index contributed by atoms with van der Waals surface area (Å²) in [6.45, 7) is 0. The average Bonchev–Trinajstić information content (AvgIpc) is 2.48. The van der Waals surface area contributed by atoms with Gasteiger partial charge in [0.25, 0.3) is 10.1 Å². The number of pyridine rings is 1. The summed E-state index contributed by atoms with van der Waals surface area (Å²) >= 11 is 6.01. The van der Waals surface area contributed by atoms with Crippen LogP contribution in [-0.2, 0) is 14.3 Å². The molecular weight excluding hydrogens is 336 g/mol. The minimum Gasteiger partial charge on any atom is -0.382 e. The third-order valence-corrected chi connectivity index (χ3v) is 4.91. The van der Waals surface area contributed by atoms with E-state index in [0.29, 0.717) is 11.1 Å². The van der Waals surface area contributed by atoms with Crippen LogP contribution in [-0.4, -0.2) is 31.8 Å². The normalized spacial score (nSPS) is 22.2. The quantitative estimate of drug-likeness (QED) is 0.850. The number of fused-ring (bicyclic) bond motifs is 1. The maximum Gasteiger partial charge on any atom is 0.264 e. The molecule has 1 N–H and O–H groups in total. The summed E-state index contributed by atoms with van der Waals surface area (Å²) in [4.78, 5) is 4.34. The van der Waals surface area contributed by atoms with Crippen molar-refractivity contribution >= 4 is 38.3 Å². The molecule has 1 aromatic carbocycles. The lowest BCUT2D eigenvalue weighted by Gasteiger charge is -2.29. The van der Waals surface area contributed by atoms with E-state index in [2.05, 4.69) is 10.3 Å². The minimum atomic E-state index is -3.37. The van der Waals surface area contributed by atoms with Gasteiger partial charge in [0.15, 0.2) is 0 Å². The van der Waals surface area contributed by atoms with Crippen molar-refractivity contribution in [3.63, 3.8) is 0 Å². The van der Waals surface area contributed by atoms with Crippen LogP contribution in [0.4, 0.5) is 5.69 Å². The molecule has 0 radical (unpaired) electrons. The van der Waals surface area contributed by atoms with E-state index in [0.717, 1.165) is 48.5 Å². The minimum absolute atomic E-state index is 0.198. The van der Waals surface area contributed by atoms with Crippen LogP contribution in [0.2, 0.25) is 5.02 Å². The SMILES string of the molecule is CS(=O)(=O)OC1CCC(Nc2ccnc3cc(Cl)ccc23)CC1.